The van der Waals surface area contributed by atoms with Crippen molar-refractivity contribution < 1.29 is 0 Å². The Hall–Kier alpha value is -1.26. The summed E-state index contributed by atoms with van der Waals surface area (Å²) in [6.07, 6.45) is 6.20. The van der Waals surface area contributed by atoms with E-state index in [1.807, 2.05) is 18.2 Å². The fourth-order valence-corrected chi connectivity index (χ4v) is 1.28. The summed E-state index contributed by atoms with van der Waals surface area (Å²) < 4.78 is 0. The van der Waals surface area contributed by atoms with E-state index in [2.05, 4.69) is 25.0 Å². The van der Waals surface area contributed by atoms with E-state index in [1.54, 1.807) is 0 Å². The van der Waals surface area contributed by atoms with E-state index in [0.717, 1.165) is 6.42 Å². The predicted molar refractivity (Wildman–Crippen MR) is 56.1 cm³/mol. The Bertz CT molecular complexity index is 284. The highest BCUT2D eigenvalue weighted by Gasteiger charge is 2.09. The SMILES string of the molecule is C#CC(N)C(C)Cc1ccccc1. The van der Waals surface area contributed by atoms with Crippen molar-refractivity contribution in [2.45, 2.75) is 19.4 Å². The summed E-state index contributed by atoms with van der Waals surface area (Å²) in [5, 5.41) is 0. The van der Waals surface area contributed by atoms with Gasteiger partial charge >= 0.3 is 0 Å². The molecule has 0 saturated heterocycles. The van der Waals surface area contributed by atoms with Crippen LogP contribution in [0.25, 0.3) is 0 Å². The van der Waals surface area contributed by atoms with Crippen LogP contribution >= 0.6 is 0 Å². The highest BCUT2D eigenvalue weighted by atomic mass is 14.6. The minimum atomic E-state index is -0.139. The normalized spacial score (nSPS) is 14.5. The zero-order valence-electron chi connectivity index (χ0n) is 7.90. The molecule has 0 aliphatic rings. The van der Waals surface area contributed by atoms with E-state index in [0.29, 0.717) is 5.92 Å². The van der Waals surface area contributed by atoms with Gasteiger partial charge in [0.2, 0.25) is 0 Å². The average molecular weight is 173 g/mol. The molecule has 0 amide bonds. The lowest BCUT2D eigenvalue weighted by molar-refractivity contribution is 0.528. The molecule has 0 aliphatic carbocycles. The van der Waals surface area contributed by atoms with Gasteiger partial charge < -0.3 is 5.73 Å². The van der Waals surface area contributed by atoms with Gasteiger partial charge in [-0.25, -0.2) is 0 Å². The van der Waals surface area contributed by atoms with Crippen molar-refractivity contribution >= 4 is 0 Å². The van der Waals surface area contributed by atoms with E-state index in [1.165, 1.54) is 5.56 Å². The fourth-order valence-electron chi connectivity index (χ4n) is 1.28. The first-order chi connectivity index (χ1) is 6.24. The molecule has 2 unspecified atom stereocenters. The lowest BCUT2D eigenvalue weighted by atomic mass is 9.95. The quantitative estimate of drug-likeness (QED) is 0.693. The minimum Gasteiger partial charge on any atom is -0.317 e. The van der Waals surface area contributed by atoms with Crippen molar-refractivity contribution in [3.63, 3.8) is 0 Å². The maximum absolute atomic E-state index is 5.73. The Morgan fingerprint density at radius 2 is 2.00 bits per heavy atom. The van der Waals surface area contributed by atoms with Crippen molar-refractivity contribution in [1.29, 1.82) is 0 Å². The summed E-state index contributed by atoms with van der Waals surface area (Å²) >= 11 is 0. The second-order valence-electron chi connectivity index (χ2n) is 3.36. The Morgan fingerprint density at radius 1 is 1.38 bits per heavy atom. The lowest BCUT2D eigenvalue weighted by Gasteiger charge is -2.14. The van der Waals surface area contributed by atoms with Crippen LogP contribution < -0.4 is 5.73 Å². The second kappa shape index (κ2) is 4.69. The third kappa shape index (κ3) is 2.93. The maximum Gasteiger partial charge on any atom is 0.0691 e. The molecule has 13 heavy (non-hydrogen) atoms. The van der Waals surface area contributed by atoms with Crippen LogP contribution in [0.2, 0.25) is 0 Å². The summed E-state index contributed by atoms with van der Waals surface area (Å²) in [7, 11) is 0. The van der Waals surface area contributed by atoms with Crippen molar-refractivity contribution in [3.05, 3.63) is 35.9 Å². The van der Waals surface area contributed by atoms with Crippen LogP contribution in [0.4, 0.5) is 0 Å². The molecule has 2 N–H and O–H groups in total. The number of benzene rings is 1. The summed E-state index contributed by atoms with van der Waals surface area (Å²) in [4.78, 5) is 0. The first kappa shape index (κ1) is 9.83. The van der Waals surface area contributed by atoms with Gasteiger partial charge in [0.05, 0.1) is 6.04 Å². The van der Waals surface area contributed by atoms with Crippen molar-refractivity contribution in [2.75, 3.05) is 0 Å². The topological polar surface area (TPSA) is 26.0 Å². The van der Waals surface area contributed by atoms with Crippen molar-refractivity contribution in [1.82, 2.24) is 0 Å². The Labute approximate surface area is 80.0 Å². The second-order valence-corrected chi connectivity index (χ2v) is 3.36. The van der Waals surface area contributed by atoms with Gasteiger partial charge in [-0.15, -0.1) is 6.42 Å². The molecule has 2 atom stereocenters. The number of hydrogen-bond acceptors (Lipinski definition) is 1. The largest absolute Gasteiger partial charge is 0.317 e. The van der Waals surface area contributed by atoms with Crippen LogP contribution in [0, 0.1) is 18.3 Å². The molecule has 0 spiro atoms. The smallest absolute Gasteiger partial charge is 0.0691 e. The molecule has 0 aromatic heterocycles. The van der Waals surface area contributed by atoms with Gasteiger partial charge in [0, 0.05) is 0 Å². The molecule has 1 aromatic rings. The summed E-state index contributed by atoms with van der Waals surface area (Å²) in [6, 6.07) is 10.1. The standard InChI is InChI=1S/C12H15N/c1-3-12(13)10(2)9-11-7-5-4-6-8-11/h1,4-8,10,12H,9,13H2,2H3. The highest BCUT2D eigenvalue weighted by Crippen LogP contribution is 2.09. The third-order valence-electron chi connectivity index (χ3n) is 2.21. The molecule has 0 fully saturated rings. The van der Waals surface area contributed by atoms with Gasteiger partial charge in [-0.05, 0) is 17.9 Å². The Morgan fingerprint density at radius 3 is 2.54 bits per heavy atom. The van der Waals surface area contributed by atoms with Gasteiger partial charge in [-0.3, -0.25) is 0 Å². The summed E-state index contributed by atoms with van der Waals surface area (Å²) in [5.74, 6) is 2.90. The highest BCUT2D eigenvalue weighted by molar-refractivity contribution is 5.16. The zero-order valence-corrected chi connectivity index (χ0v) is 7.90. The van der Waals surface area contributed by atoms with Crippen LogP contribution in [0.1, 0.15) is 12.5 Å². The number of hydrogen-bond donors (Lipinski definition) is 1. The van der Waals surface area contributed by atoms with E-state index < -0.39 is 0 Å². The van der Waals surface area contributed by atoms with E-state index in [4.69, 9.17) is 12.2 Å². The first-order valence-corrected chi connectivity index (χ1v) is 4.49. The predicted octanol–water partition coefficient (Wildman–Crippen LogP) is 1.83. The Kier molecular flexibility index (Phi) is 3.54. The number of rotatable bonds is 3. The van der Waals surface area contributed by atoms with E-state index in [-0.39, 0.29) is 6.04 Å². The molecule has 0 bridgehead atoms. The molecule has 0 aliphatic heterocycles. The third-order valence-corrected chi connectivity index (χ3v) is 2.21. The maximum atomic E-state index is 5.73. The molecule has 0 radical (unpaired) electrons. The molecular formula is C12H15N. The van der Waals surface area contributed by atoms with Gasteiger partial charge in [0.15, 0.2) is 0 Å². The van der Waals surface area contributed by atoms with Crippen LogP contribution in [0.3, 0.4) is 0 Å². The van der Waals surface area contributed by atoms with Crippen LogP contribution in [0.15, 0.2) is 30.3 Å². The van der Waals surface area contributed by atoms with Crippen LogP contribution in [-0.2, 0) is 6.42 Å². The van der Waals surface area contributed by atoms with Gasteiger partial charge in [0.1, 0.15) is 0 Å². The van der Waals surface area contributed by atoms with Gasteiger partial charge in [-0.2, -0.15) is 0 Å². The van der Waals surface area contributed by atoms with E-state index >= 15 is 0 Å². The molecular weight excluding hydrogens is 158 g/mol. The molecule has 1 rings (SSSR count). The number of terminal acetylenes is 1. The van der Waals surface area contributed by atoms with Gasteiger partial charge in [-0.1, -0.05) is 43.2 Å². The van der Waals surface area contributed by atoms with Crippen LogP contribution in [-0.4, -0.2) is 6.04 Å². The average Bonchev–Trinajstić information content (AvgIpc) is 2.18. The monoisotopic (exact) mass is 173 g/mol. The molecule has 0 saturated carbocycles. The fraction of sp³-hybridized carbons (Fsp3) is 0.333. The molecule has 1 heteroatoms. The van der Waals surface area contributed by atoms with E-state index in [9.17, 15) is 0 Å². The molecule has 1 nitrogen and oxygen atoms in total. The molecule has 68 valence electrons. The first-order valence-electron chi connectivity index (χ1n) is 4.49. The minimum absolute atomic E-state index is 0.139. The lowest BCUT2D eigenvalue weighted by Crippen LogP contribution is -2.27. The van der Waals surface area contributed by atoms with Crippen molar-refractivity contribution in [2.24, 2.45) is 11.7 Å². The summed E-state index contributed by atoms with van der Waals surface area (Å²) in [6.45, 7) is 2.08. The Balaban J connectivity index is 2.56. The van der Waals surface area contributed by atoms with Crippen LogP contribution in [0.5, 0.6) is 0 Å². The molecule has 0 heterocycles. The summed E-state index contributed by atoms with van der Waals surface area (Å²) in [5.41, 5.74) is 7.02. The van der Waals surface area contributed by atoms with Gasteiger partial charge in [0.25, 0.3) is 0 Å². The zero-order chi connectivity index (χ0) is 9.68. The molecule has 1 aromatic carbocycles. The van der Waals surface area contributed by atoms with Crippen molar-refractivity contribution in [3.8, 4) is 12.3 Å². The number of nitrogens with two attached hydrogens (primary N) is 1.